The number of amides is 2. The summed E-state index contributed by atoms with van der Waals surface area (Å²) in [5.41, 5.74) is 0. The Balaban J connectivity index is 2.35. The van der Waals surface area contributed by atoms with Gasteiger partial charge in [0.15, 0.2) is 0 Å². The van der Waals surface area contributed by atoms with Gasteiger partial charge < -0.3 is 10.2 Å². The highest BCUT2D eigenvalue weighted by molar-refractivity contribution is 5.89. The lowest BCUT2D eigenvalue weighted by Crippen LogP contribution is -2.33. The normalized spacial score (nSPS) is 20.5. The zero-order valence-electron chi connectivity index (χ0n) is 9.16. The minimum Gasteiger partial charge on any atom is -0.355 e. The molecular formula is C11H18N2O2. The van der Waals surface area contributed by atoms with Gasteiger partial charge >= 0.3 is 0 Å². The fourth-order valence-electron chi connectivity index (χ4n) is 1.70. The number of hydrogen-bond donors (Lipinski definition) is 1. The third-order valence-corrected chi connectivity index (χ3v) is 2.61. The molecule has 0 aromatic carbocycles. The molecule has 4 nitrogen and oxygen atoms in total. The molecule has 1 rings (SSSR count). The van der Waals surface area contributed by atoms with Crippen LogP contribution in [0.3, 0.4) is 0 Å². The van der Waals surface area contributed by atoms with E-state index < -0.39 is 0 Å². The van der Waals surface area contributed by atoms with Crippen LogP contribution < -0.4 is 5.32 Å². The first-order valence-electron chi connectivity index (χ1n) is 5.35. The van der Waals surface area contributed by atoms with Gasteiger partial charge in [-0.3, -0.25) is 9.59 Å². The Kier molecular flexibility index (Phi) is 4.34. The van der Waals surface area contributed by atoms with E-state index in [2.05, 4.69) is 11.9 Å². The second-order valence-corrected chi connectivity index (χ2v) is 3.70. The van der Waals surface area contributed by atoms with Crippen molar-refractivity contribution in [2.45, 2.75) is 19.8 Å². The van der Waals surface area contributed by atoms with Gasteiger partial charge in [-0.15, -0.1) is 6.58 Å². The van der Waals surface area contributed by atoms with Gasteiger partial charge in [-0.25, -0.2) is 0 Å². The van der Waals surface area contributed by atoms with Crippen molar-refractivity contribution in [1.82, 2.24) is 10.2 Å². The Bertz CT molecular complexity index is 263. The van der Waals surface area contributed by atoms with Gasteiger partial charge in [0, 0.05) is 26.1 Å². The summed E-state index contributed by atoms with van der Waals surface area (Å²) in [6.07, 6.45) is 2.89. The lowest BCUT2D eigenvalue weighted by atomic mass is 10.1. The Labute approximate surface area is 90.3 Å². The van der Waals surface area contributed by atoms with Gasteiger partial charge in [0.25, 0.3) is 0 Å². The van der Waals surface area contributed by atoms with Crippen LogP contribution in [0.25, 0.3) is 0 Å². The van der Waals surface area contributed by atoms with Crippen LogP contribution in [0.15, 0.2) is 12.7 Å². The summed E-state index contributed by atoms with van der Waals surface area (Å²) in [5, 5.41) is 2.80. The summed E-state index contributed by atoms with van der Waals surface area (Å²) >= 11 is 0. The fraction of sp³-hybridized carbons (Fsp3) is 0.636. The number of likely N-dealkylation sites (tertiary alicyclic amines) is 1. The zero-order valence-corrected chi connectivity index (χ0v) is 9.16. The Hall–Kier alpha value is -1.32. The summed E-state index contributed by atoms with van der Waals surface area (Å²) in [6, 6.07) is 0. The van der Waals surface area contributed by atoms with E-state index in [1.807, 2.05) is 6.92 Å². The van der Waals surface area contributed by atoms with Crippen LogP contribution in [-0.4, -0.2) is 36.3 Å². The second kappa shape index (κ2) is 5.53. The average Bonchev–Trinajstić information content (AvgIpc) is 2.60. The number of carbonyl (C=O) groups excluding carboxylic acids is 2. The van der Waals surface area contributed by atoms with Crippen molar-refractivity contribution in [2.24, 2.45) is 5.92 Å². The molecule has 0 aromatic rings. The highest BCUT2D eigenvalue weighted by atomic mass is 16.2. The summed E-state index contributed by atoms with van der Waals surface area (Å²) in [6.45, 7) is 7.37. The van der Waals surface area contributed by atoms with Crippen molar-refractivity contribution in [3.05, 3.63) is 12.7 Å². The Morgan fingerprint density at radius 3 is 3.00 bits per heavy atom. The molecule has 1 heterocycles. The third kappa shape index (κ3) is 3.08. The van der Waals surface area contributed by atoms with Crippen molar-refractivity contribution in [3.8, 4) is 0 Å². The smallest absolute Gasteiger partial charge is 0.225 e. The molecule has 1 aliphatic rings. The van der Waals surface area contributed by atoms with Crippen molar-refractivity contribution in [2.75, 3.05) is 19.6 Å². The van der Waals surface area contributed by atoms with Crippen LogP contribution in [0.5, 0.6) is 0 Å². The quantitative estimate of drug-likeness (QED) is 0.532. The van der Waals surface area contributed by atoms with Crippen LogP contribution in [0.4, 0.5) is 0 Å². The molecule has 15 heavy (non-hydrogen) atoms. The second-order valence-electron chi connectivity index (χ2n) is 3.70. The molecule has 1 fully saturated rings. The predicted molar refractivity (Wildman–Crippen MR) is 58.2 cm³/mol. The molecule has 1 atom stereocenters. The maximum absolute atomic E-state index is 11.6. The molecule has 0 aromatic heterocycles. The summed E-state index contributed by atoms with van der Waals surface area (Å²) in [7, 11) is 0. The van der Waals surface area contributed by atoms with Crippen LogP contribution in [0, 0.1) is 5.92 Å². The Morgan fingerprint density at radius 2 is 2.47 bits per heavy atom. The standard InChI is InChI=1S/C11H18N2O2/c1-3-5-6-12-11(15)9-7-10(14)13(4-2)8-9/h3,9H,1,4-8H2,2H3,(H,12,15). The van der Waals surface area contributed by atoms with E-state index in [4.69, 9.17) is 0 Å². The lowest BCUT2D eigenvalue weighted by molar-refractivity contribution is -0.128. The van der Waals surface area contributed by atoms with E-state index in [1.54, 1.807) is 11.0 Å². The lowest BCUT2D eigenvalue weighted by Gasteiger charge is -2.13. The maximum Gasteiger partial charge on any atom is 0.225 e. The average molecular weight is 210 g/mol. The van der Waals surface area contributed by atoms with Gasteiger partial charge in [0.05, 0.1) is 5.92 Å². The van der Waals surface area contributed by atoms with E-state index in [-0.39, 0.29) is 17.7 Å². The van der Waals surface area contributed by atoms with Crippen LogP contribution in [0.2, 0.25) is 0 Å². The summed E-state index contributed by atoms with van der Waals surface area (Å²) in [4.78, 5) is 24.7. The van der Waals surface area contributed by atoms with E-state index in [9.17, 15) is 9.59 Å². The van der Waals surface area contributed by atoms with Crippen molar-refractivity contribution in [3.63, 3.8) is 0 Å². The van der Waals surface area contributed by atoms with Gasteiger partial charge in [-0.1, -0.05) is 6.08 Å². The molecule has 1 aliphatic heterocycles. The summed E-state index contributed by atoms with van der Waals surface area (Å²) in [5.74, 6) is -0.0928. The number of carbonyl (C=O) groups is 2. The third-order valence-electron chi connectivity index (χ3n) is 2.61. The first-order valence-corrected chi connectivity index (χ1v) is 5.35. The van der Waals surface area contributed by atoms with Crippen LogP contribution in [-0.2, 0) is 9.59 Å². The highest BCUT2D eigenvalue weighted by Crippen LogP contribution is 2.17. The van der Waals surface area contributed by atoms with E-state index in [1.165, 1.54) is 0 Å². The first-order chi connectivity index (χ1) is 7.19. The molecule has 2 amide bonds. The van der Waals surface area contributed by atoms with E-state index in [0.717, 1.165) is 6.42 Å². The van der Waals surface area contributed by atoms with Gasteiger partial charge in [0.2, 0.25) is 11.8 Å². The largest absolute Gasteiger partial charge is 0.355 e. The minimum atomic E-state index is -0.165. The summed E-state index contributed by atoms with van der Waals surface area (Å²) < 4.78 is 0. The molecule has 0 aliphatic carbocycles. The van der Waals surface area contributed by atoms with Gasteiger partial charge in [0.1, 0.15) is 0 Å². The predicted octanol–water partition coefficient (Wildman–Crippen LogP) is 0.547. The minimum absolute atomic E-state index is 0.0128. The molecule has 4 heteroatoms. The molecule has 84 valence electrons. The highest BCUT2D eigenvalue weighted by Gasteiger charge is 2.32. The fourth-order valence-corrected chi connectivity index (χ4v) is 1.70. The number of nitrogens with zero attached hydrogens (tertiary/aromatic N) is 1. The van der Waals surface area contributed by atoms with Crippen LogP contribution >= 0.6 is 0 Å². The van der Waals surface area contributed by atoms with E-state index >= 15 is 0 Å². The molecule has 0 spiro atoms. The molecule has 1 saturated heterocycles. The van der Waals surface area contributed by atoms with Gasteiger partial charge in [-0.2, -0.15) is 0 Å². The maximum atomic E-state index is 11.6. The van der Waals surface area contributed by atoms with Crippen molar-refractivity contribution in [1.29, 1.82) is 0 Å². The number of nitrogens with one attached hydrogen (secondary N) is 1. The monoisotopic (exact) mass is 210 g/mol. The van der Waals surface area contributed by atoms with Crippen molar-refractivity contribution < 1.29 is 9.59 Å². The molecular weight excluding hydrogens is 192 g/mol. The van der Waals surface area contributed by atoms with Gasteiger partial charge in [-0.05, 0) is 13.3 Å². The van der Waals surface area contributed by atoms with Crippen molar-refractivity contribution >= 4 is 11.8 Å². The number of rotatable bonds is 5. The van der Waals surface area contributed by atoms with Crippen LogP contribution in [0.1, 0.15) is 19.8 Å². The SMILES string of the molecule is C=CCCNC(=O)C1CC(=O)N(CC)C1. The number of hydrogen-bond acceptors (Lipinski definition) is 2. The topological polar surface area (TPSA) is 49.4 Å². The Morgan fingerprint density at radius 1 is 1.73 bits per heavy atom. The first kappa shape index (κ1) is 11.8. The molecule has 1 unspecified atom stereocenters. The van der Waals surface area contributed by atoms with E-state index in [0.29, 0.717) is 26.1 Å². The zero-order chi connectivity index (χ0) is 11.3. The molecule has 0 saturated carbocycles. The molecule has 0 radical (unpaired) electrons. The molecule has 0 bridgehead atoms. The molecule has 1 N–H and O–H groups in total.